The van der Waals surface area contributed by atoms with Crippen molar-refractivity contribution in [2.75, 3.05) is 18.0 Å². The predicted octanol–water partition coefficient (Wildman–Crippen LogP) is 6.77. The topological polar surface area (TPSA) is 101 Å². The lowest BCUT2D eigenvalue weighted by Crippen LogP contribution is -2.57. The maximum atomic E-state index is 13.9. The van der Waals surface area contributed by atoms with Gasteiger partial charge in [0.1, 0.15) is 11.4 Å². The summed E-state index contributed by atoms with van der Waals surface area (Å²) in [6.45, 7) is 9.68. The Bertz CT molecular complexity index is 2020. The lowest BCUT2D eigenvalue weighted by atomic mass is 9.86. The van der Waals surface area contributed by atoms with Crippen molar-refractivity contribution in [2.45, 2.75) is 90.1 Å². The second kappa shape index (κ2) is 12.3. The van der Waals surface area contributed by atoms with Gasteiger partial charge in [-0.1, -0.05) is 28.9 Å². The molecule has 4 aromatic rings. The van der Waals surface area contributed by atoms with Crippen LogP contribution in [0.15, 0.2) is 60.8 Å². The largest absolute Gasteiger partial charge is 0.487 e. The van der Waals surface area contributed by atoms with E-state index >= 15 is 0 Å². The van der Waals surface area contributed by atoms with E-state index in [1.54, 1.807) is 18.2 Å². The number of halogens is 1. The highest BCUT2D eigenvalue weighted by Crippen LogP contribution is 2.49. The third-order valence-corrected chi connectivity index (χ3v) is 11.3. The maximum Gasteiger partial charge on any atom is 0.266 e. The molecule has 1 saturated heterocycles. The van der Waals surface area contributed by atoms with Gasteiger partial charge in [-0.05, 0) is 107 Å². The first kappa shape index (κ1) is 32.7. The highest BCUT2D eigenvalue weighted by atomic mass is 35.5. The van der Waals surface area contributed by atoms with E-state index in [4.69, 9.17) is 16.3 Å². The fourth-order valence-electron chi connectivity index (χ4n) is 8.47. The molecular weight excluding hydrogens is 652 g/mol. The number of nitrogens with zero attached hydrogens (tertiary/aromatic N) is 6. The van der Waals surface area contributed by atoms with E-state index in [1.807, 2.05) is 66.0 Å². The average Bonchev–Trinajstić information content (AvgIpc) is 3.82. The fourth-order valence-corrected chi connectivity index (χ4v) is 8.65. The van der Waals surface area contributed by atoms with Gasteiger partial charge in [-0.2, -0.15) is 0 Å². The number of anilines is 1. The van der Waals surface area contributed by atoms with Gasteiger partial charge in [0, 0.05) is 54.3 Å². The van der Waals surface area contributed by atoms with Gasteiger partial charge in [0.25, 0.3) is 17.7 Å². The molecule has 4 heterocycles. The molecule has 0 N–H and O–H groups in total. The van der Waals surface area contributed by atoms with Gasteiger partial charge in [-0.15, -0.1) is 5.10 Å². The number of aromatic nitrogens is 3. The number of carbonyl (C=O) groups excluding carboxylic acids is 3. The molecular formula is C39H41ClN6O4. The molecule has 8 rings (SSSR count). The number of ether oxygens (including phenoxy) is 1. The van der Waals surface area contributed by atoms with Crippen LogP contribution >= 0.6 is 11.6 Å². The number of fused-ring (bicyclic) bond motifs is 2. The van der Waals surface area contributed by atoms with Gasteiger partial charge in [0.05, 0.1) is 34.7 Å². The van der Waals surface area contributed by atoms with Crippen molar-refractivity contribution in [3.8, 4) is 5.75 Å². The van der Waals surface area contributed by atoms with Crippen molar-refractivity contribution in [1.29, 1.82) is 0 Å². The summed E-state index contributed by atoms with van der Waals surface area (Å²) in [5, 5.41) is 9.90. The van der Waals surface area contributed by atoms with Crippen LogP contribution in [0.25, 0.3) is 0 Å². The highest BCUT2D eigenvalue weighted by molar-refractivity contribution is 6.35. The second-order valence-corrected chi connectivity index (χ2v) is 15.1. The SMILES string of the molecule is Cc1ccc(C)c(N2C(=O)c3ccc(C(=O)N4C[C@@H](C)N(Cc5cn([C@@H]6CC7(CCCC7)Oc7ccc(Cl)cc76)nn5)[C@@H](C)C4)cc3C2=O)c1. The van der Waals surface area contributed by atoms with Crippen molar-refractivity contribution in [3.05, 3.63) is 105 Å². The smallest absolute Gasteiger partial charge is 0.266 e. The molecule has 3 aliphatic heterocycles. The van der Waals surface area contributed by atoms with Crippen molar-refractivity contribution in [2.24, 2.45) is 0 Å². The average molecular weight is 693 g/mol. The minimum Gasteiger partial charge on any atom is -0.487 e. The number of rotatable bonds is 5. The van der Waals surface area contributed by atoms with E-state index in [0.717, 1.165) is 47.4 Å². The van der Waals surface area contributed by atoms with Gasteiger partial charge in [-0.25, -0.2) is 9.58 Å². The van der Waals surface area contributed by atoms with E-state index in [0.29, 0.717) is 41.5 Å². The van der Waals surface area contributed by atoms with Crippen LogP contribution in [-0.4, -0.2) is 73.3 Å². The molecule has 1 aromatic heterocycles. The molecule has 50 heavy (non-hydrogen) atoms. The summed E-state index contributed by atoms with van der Waals surface area (Å²) in [6, 6.07) is 16.5. The maximum absolute atomic E-state index is 13.9. The van der Waals surface area contributed by atoms with Crippen LogP contribution in [0, 0.1) is 13.8 Å². The number of benzene rings is 3. The van der Waals surface area contributed by atoms with Crippen molar-refractivity contribution in [3.63, 3.8) is 0 Å². The minimum absolute atomic E-state index is 0.0106. The normalized spacial score (nSPS) is 22.9. The van der Waals surface area contributed by atoms with Gasteiger partial charge in [0.2, 0.25) is 0 Å². The van der Waals surface area contributed by atoms with Crippen LogP contribution < -0.4 is 9.64 Å². The zero-order chi connectivity index (χ0) is 34.9. The van der Waals surface area contributed by atoms with Crippen molar-refractivity contribution in [1.82, 2.24) is 24.8 Å². The van der Waals surface area contributed by atoms with E-state index < -0.39 is 5.91 Å². The molecule has 258 valence electrons. The molecule has 3 aromatic carbocycles. The van der Waals surface area contributed by atoms with Crippen LogP contribution in [-0.2, 0) is 6.54 Å². The first-order valence-corrected chi connectivity index (χ1v) is 17.9. The molecule has 0 bridgehead atoms. The number of hydrogen-bond donors (Lipinski definition) is 0. The molecule has 1 aliphatic carbocycles. The van der Waals surface area contributed by atoms with Gasteiger partial charge in [-0.3, -0.25) is 19.3 Å². The third-order valence-electron chi connectivity index (χ3n) is 11.1. The molecule has 3 atom stereocenters. The summed E-state index contributed by atoms with van der Waals surface area (Å²) in [5.74, 6) is -0.0436. The zero-order valence-corrected chi connectivity index (χ0v) is 29.6. The highest BCUT2D eigenvalue weighted by Gasteiger charge is 2.44. The van der Waals surface area contributed by atoms with Crippen LogP contribution in [0.4, 0.5) is 5.69 Å². The van der Waals surface area contributed by atoms with Crippen LogP contribution in [0.3, 0.4) is 0 Å². The van der Waals surface area contributed by atoms with Crippen molar-refractivity contribution >= 4 is 35.0 Å². The molecule has 0 radical (unpaired) electrons. The van der Waals surface area contributed by atoms with Crippen LogP contribution in [0.5, 0.6) is 5.75 Å². The second-order valence-electron chi connectivity index (χ2n) is 14.7. The molecule has 10 nitrogen and oxygen atoms in total. The zero-order valence-electron chi connectivity index (χ0n) is 28.9. The Hall–Kier alpha value is -4.54. The van der Waals surface area contributed by atoms with E-state index in [9.17, 15) is 14.4 Å². The summed E-state index contributed by atoms with van der Waals surface area (Å²) in [5.41, 5.74) is 5.08. The van der Waals surface area contributed by atoms with E-state index in [-0.39, 0.29) is 41.1 Å². The molecule has 2 fully saturated rings. The Morgan fingerprint density at radius 2 is 1.68 bits per heavy atom. The molecule has 0 unspecified atom stereocenters. The van der Waals surface area contributed by atoms with Gasteiger partial charge in [0.15, 0.2) is 0 Å². The number of aryl methyl sites for hydroxylation is 2. The number of imide groups is 1. The molecule has 1 saturated carbocycles. The summed E-state index contributed by atoms with van der Waals surface area (Å²) in [7, 11) is 0. The Morgan fingerprint density at radius 1 is 0.940 bits per heavy atom. The standard InChI is InChI=1S/C39H41ClN6O4/c1-23-7-8-24(2)33(15-23)46-37(48)30-11-9-27(16-31(30)38(46)49)36(47)43-19-25(3)44(26(4)20-43)21-29-22-45(42-41-29)34-18-39(13-5-6-14-39)50-35-12-10-28(40)17-32(34)35/h7-12,15-17,22,25-26,34H,5-6,13-14,18-21H2,1-4H3/t25-,26+,34-/m1/s1. The Labute approximate surface area is 296 Å². The Balaban J connectivity index is 0.965. The van der Waals surface area contributed by atoms with Crippen molar-refractivity contribution < 1.29 is 19.1 Å². The molecule has 1 spiro atoms. The van der Waals surface area contributed by atoms with Gasteiger partial charge < -0.3 is 9.64 Å². The summed E-state index contributed by atoms with van der Waals surface area (Å²) in [4.78, 5) is 46.1. The summed E-state index contributed by atoms with van der Waals surface area (Å²) < 4.78 is 8.55. The molecule has 3 amide bonds. The van der Waals surface area contributed by atoms with E-state index in [1.165, 1.54) is 17.7 Å². The lowest BCUT2D eigenvalue weighted by Gasteiger charge is -2.44. The monoisotopic (exact) mass is 692 g/mol. The Morgan fingerprint density at radius 3 is 2.44 bits per heavy atom. The van der Waals surface area contributed by atoms with Crippen LogP contribution in [0.1, 0.15) is 105 Å². The summed E-state index contributed by atoms with van der Waals surface area (Å²) in [6.07, 6.45) is 7.29. The number of hydrogen-bond acceptors (Lipinski definition) is 7. The fraction of sp³-hybridized carbons (Fsp3) is 0.410. The quantitative estimate of drug-likeness (QED) is 0.213. The first-order chi connectivity index (χ1) is 24.0. The minimum atomic E-state index is -0.404. The predicted molar refractivity (Wildman–Crippen MR) is 190 cm³/mol. The van der Waals surface area contributed by atoms with Gasteiger partial charge >= 0.3 is 0 Å². The first-order valence-electron chi connectivity index (χ1n) is 17.5. The number of amides is 3. The number of piperazine rings is 1. The Kier molecular flexibility index (Phi) is 8.06. The number of carbonyl (C=O) groups is 3. The van der Waals surface area contributed by atoms with E-state index in [2.05, 4.69) is 29.1 Å². The lowest BCUT2D eigenvalue weighted by molar-refractivity contribution is 0.0263. The molecule has 11 heteroatoms. The molecule has 4 aliphatic rings. The summed E-state index contributed by atoms with van der Waals surface area (Å²) >= 11 is 6.43. The van der Waals surface area contributed by atoms with Crippen LogP contribution in [0.2, 0.25) is 5.02 Å². The third kappa shape index (κ3) is 5.58.